The van der Waals surface area contributed by atoms with Crippen molar-refractivity contribution in [1.82, 2.24) is 10.6 Å². The summed E-state index contributed by atoms with van der Waals surface area (Å²) in [6.45, 7) is 9.01. The standard InChI is InChI=1S/C28H34N2O4S/c1-16-13-21-24(17(2)28(11-12-28)27(5,34)25(21)32)22(16)14-35-15-23(30-19(4)31)26(33)29-18(3)20-9-7-6-8-10-20/h6-10,13,18,23,34H,11-12,14-15H2,1-5H3,(H,29,33)(H,30,31)/t18-,23+,27-/m0/s1. The topological polar surface area (TPSA) is 95.5 Å². The molecular weight excluding hydrogens is 460 g/mol. The smallest absolute Gasteiger partial charge is 0.243 e. The summed E-state index contributed by atoms with van der Waals surface area (Å²) in [4.78, 5) is 38.0. The normalized spacial score (nSPS) is 24.2. The van der Waals surface area contributed by atoms with Gasteiger partial charge in [-0.05, 0) is 68.9 Å². The minimum absolute atomic E-state index is 0.180. The molecule has 0 aromatic heterocycles. The van der Waals surface area contributed by atoms with Gasteiger partial charge in [0.15, 0.2) is 5.78 Å². The first-order chi connectivity index (χ1) is 16.5. The summed E-state index contributed by atoms with van der Waals surface area (Å²) in [5, 5.41) is 16.8. The third kappa shape index (κ3) is 4.52. The van der Waals surface area contributed by atoms with Gasteiger partial charge in [0.05, 0.1) is 6.04 Å². The Morgan fingerprint density at radius 1 is 1.14 bits per heavy atom. The minimum Gasteiger partial charge on any atom is -0.381 e. The zero-order valence-corrected chi connectivity index (χ0v) is 21.8. The van der Waals surface area contributed by atoms with Crippen LogP contribution in [0.5, 0.6) is 0 Å². The van der Waals surface area contributed by atoms with Gasteiger partial charge in [-0.1, -0.05) is 35.9 Å². The number of fused-ring (bicyclic) bond motifs is 1. The molecule has 1 saturated carbocycles. The van der Waals surface area contributed by atoms with Gasteiger partial charge >= 0.3 is 0 Å². The quantitative estimate of drug-likeness (QED) is 0.511. The van der Waals surface area contributed by atoms with Crippen LogP contribution >= 0.6 is 11.8 Å². The highest BCUT2D eigenvalue weighted by atomic mass is 32.2. The Morgan fingerprint density at radius 3 is 2.40 bits per heavy atom. The van der Waals surface area contributed by atoms with Crippen LogP contribution in [0.3, 0.4) is 0 Å². The van der Waals surface area contributed by atoms with E-state index in [0.717, 1.165) is 40.7 Å². The molecule has 3 atom stereocenters. The van der Waals surface area contributed by atoms with Gasteiger partial charge in [-0.2, -0.15) is 11.8 Å². The van der Waals surface area contributed by atoms with Crippen LogP contribution in [-0.2, 0) is 14.4 Å². The second-order valence-electron chi connectivity index (χ2n) is 10.1. The molecule has 35 heavy (non-hydrogen) atoms. The molecule has 7 heteroatoms. The van der Waals surface area contributed by atoms with Gasteiger partial charge in [0.2, 0.25) is 11.8 Å². The van der Waals surface area contributed by atoms with Crippen molar-refractivity contribution in [3.63, 3.8) is 0 Å². The van der Waals surface area contributed by atoms with E-state index in [1.54, 1.807) is 18.7 Å². The first-order valence-corrected chi connectivity index (χ1v) is 13.3. The molecule has 0 heterocycles. The van der Waals surface area contributed by atoms with Crippen LogP contribution in [0, 0.1) is 5.41 Å². The molecule has 1 spiro atoms. The zero-order chi connectivity index (χ0) is 25.5. The zero-order valence-electron chi connectivity index (χ0n) is 21.0. The summed E-state index contributed by atoms with van der Waals surface area (Å²) in [6, 6.07) is 8.85. The Balaban J connectivity index is 1.45. The van der Waals surface area contributed by atoms with E-state index in [-0.39, 0.29) is 23.6 Å². The summed E-state index contributed by atoms with van der Waals surface area (Å²) in [5.74, 6) is 0.341. The SMILES string of the molecule is CC(=O)N[C@H](CSCC1=C(C)C=C2C(=O)[C@](C)(O)C3(CC3)C(C)=C21)C(=O)N[C@@H](C)c1ccccc1. The second kappa shape index (κ2) is 9.43. The van der Waals surface area contributed by atoms with E-state index in [1.165, 1.54) is 6.92 Å². The van der Waals surface area contributed by atoms with Gasteiger partial charge in [-0.25, -0.2) is 0 Å². The lowest BCUT2D eigenvalue weighted by Gasteiger charge is -2.39. The summed E-state index contributed by atoms with van der Waals surface area (Å²) in [5.41, 5.74) is 3.94. The fraction of sp³-hybridized carbons (Fsp3) is 0.464. The van der Waals surface area contributed by atoms with Crippen molar-refractivity contribution in [2.75, 3.05) is 11.5 Å². The molecule has 186 valence electrons. The van der Waals surface area contributed by atoms with Crippen molar-refractivity contribution < 1.29 is 19.5 Å². The Morgan fingerprint density at radius 2 is 1.80 bits per heavy atom. The Kier molecular flexibility index (Phi) is 6.86. The average Bonchev–Trinajstić information content (AvgIpc) is 3.57. The van der Waals surface area contributed by atoms with Gasteiger partial charge < -0.3 is 15.7 Å². The predicted octanol–water partition coefficient (Wildman–Crippen LogP) is 3.79. The highest BCUT2D eigenvalue weighted by molar-refractivity contribution is 7.99. The first kappa shape index (κ1) is 25.5. The lowest BCUT2D eigenvalue weighted by atomic mass is 9.67. The van der Waals surface area contributed by atoms with Crippen LogP contribution in [0.15, 0.2) is 64.3 Å². The third-order valence-corrected chi connectivity index (χ3v) is 8.81. The Hall–Kier alpha value is -2.64. The van der Waals surface area contributed by atoms with Crippen molar-refractivity contribution in [3.8, 4) is 0 Å². The Labute approximate surface area is 211 Å². The highest BCUT2D eigenvalue weighted by Crippen LogP contribution is 2.65. The van der Waals surface area contributed by atoms with Crippen molar-refractivity contribution >= 4 is 29.4 Å². The maximum absolute atomic E-state index is 13.1. The molecule has 0 saturated heterocycles. The van der Waals surface area contributed by atoms with E-state index in [4.69, 9.17) is 0 Å². The number of hydrogen-bond donors (Lipinski definition) is 3. The molecule has 3 aliphatic carbocycles. The molecule has 0 unspecified atom stereocenters. The van der Waals surface area contributed by atoms with E-state index in [9.17, 15) is 19.5 Å². The van der Waals surface area contributed by atoms with Crippen LogP contribution < -0.4 is 10.6 Å². The van der Waals surface area contributed by atoms with Crippen molar-refractivity contribution in [2.45, 2.75) is 65.1 Å². The number of Topliss-reactive ketones (excluding diaryl/α,β-unsaturated/α-hetero) is 1. The molecule has 0 aliphatic heterocycles. The number of ketones is 1. The number of nitrogens with one attached hydrogen (secondary N) is 2. The first-order valence-electron chi connectivity index (χ1n) is 12.1. The van der Waals surface area contributed by atoms with Crippen LogP contribution in [-0.4, -0.2) is 45.9 Å². The van der Waals surface area contributed by atoms with E-state index in [2.05, 4.69) is 10.6 Å². The van der Waals surface area contributed by atoms with Crippen LogP contribution in [0.1, 0.15) is 59.1 Å². The van der Waals surface area contributed by atoms with Gasteiger partial charge in [0.25, 0.3) is 0 Å². The number of aliphatic hydroxyl groups is 1. The number of carbonyl (C=O) groups excluding carboxylic acids is 3. The van der Waals surface area contributed by atoms with Gasteiger partial charge in [-0.15, -0.1) is 0 Å². The summed E-state index contributed by atoms with van der Waals surface area (Å²) < 4.78 is 0. The monoisotopic (exact) mass is 494 g/mol. The molecular formula is C28H34N2O4S. The molecule has 1 aromatic carbocycles. The van der Waals surface area contributed by atoms with Crippen LogP contribution in [0.4, 0.5) is 0 Å². The largest absolute Gasteiger partial charge is 0.381 e. The maximum Gasteiger partial charge on any atom is 0.243 e. The molecule has 1 aromatic rings. The number of rotatable bonds is 8. The molecule has 6 nitrogen and oxygen atoms in total. The van der Waals surface area contributed by atoms with Gasteiger partial charge in [0, 0.05) is 29.4 Å². The Bertz CT molecular complexity index is 1160. The molecule has 3 N–H and O–H groups in total. The molecule has 2 amide bonds. The molecule has 4 rings (SSSR count). The van der Waals surface area contributed by atoms with Gasteiger partial charge in [0.1, 0.15) is 11.6 Å². The average molecular weight is 495 g/mol. The van der Waals surface area contributed by atoms with Crippen molar-refractivity contribution in [2.24, 2.45) is 5.41 Å². The molecule has 3 aliphatic rings. The van der Waals surface area contributed by atoms with Crippen LogP contribution in [0.2, 0.25) is 0 Å². The van der Waals surface area contributed by atoms with E-state index in [1.807, 2.05) is 57.2 Å². The van der Waals surface area contributed by atoms with Crippen LogP contribution in [0.25, 0.3) is 0 Å². The van der Waals surface area contributed by atoms with E-state index in [0.29, 0.717) is 17.1 Å². The van der Waals surface area contributed by atoms with E-state index < -0.39 is 17.1 Å². The predicted molar refractivity (Wildman–Crippen MR) is 139 cm³/mol. The maximum atomic E-state index is 13.1. The minimum atomic E-state index is -1.36. The fourth-order valence-corrected chi connectivity index (χ4v) is 6.61. The van der Waals surface area contributed by atoms with Gasteiger partial charge in [-0.3, -0.25) is 14.4 Å². The lowest BCUT2D eigenvalue weighted by Crippen LogP contribution is -2.49. The molecule has 0 bridgehead atoms. The van der Waals surface area contributed by atoms with E-state index >= 15 is 0 Å². The summed E-state index contributed by atoms with van der Waals surface area (Å²) in [6.07, 6.45) is 3.52. The summed E-state index contributed by atoms with van der Waals surface area (Å²) >= 11 is 1.56. The number of allylic oxidation sites excluding steroid dienone is 3. The number of benzene rings is 1. The van der Waals surface area contributed by atoms with Crippen molar-refractivity contribution in [1.29, 1.82) is 0 Å². The number of hydrogen-bond acceptors (Lipinski definition) is 5. The summed E-state index contributed by atoms with van der Waals surface area (Å²) in [7, 11) is 0. The number of carbonyl (C=O) groups is 3. The second-order valence-corrected chi connectivity index (χ2v) is 11.1. The third-order valence-electron chi connectivity index (χ3n) is 7.75. The lowest BCUT2D eigenvalue weighted by molar-refractivity contribution is -0.137. The molecule has 0 radical (unpaired) electrons. The number of amides is 2. The highest BCUT2D eigenvalue weighted by Gasteiger charge is 2.65. The van der Waals surface area contributed by atoms with Crippen molar-refractivity contribution in [3.05, 3.63) is 69.8 Å². The molecule has 1 fully saturated rings. The number of thioether (sulfide) groups is 1. The fourth-order valence-electron chi connectivity index (χ4n) is 5.45.